The molecule has 3 saturated heterocycles. The summed E-state index contributed by atoms with van der Waals surface area (Å²) in [4.78, 5) is 53.5. The standard InChI is InChI=1S/C34H45N9O4/c1-23-19-24(20-25-22-36-39-29(23)25)21-28(31(44)42-17-15-41(16-18-42)26-6-12-40(2)13-7-26)37-32(45)43-11-4-8-34(9-14-43)27-5-3-10-35-30(27)38-33(46)47-34/h3,5,10,19-20,22,26,28H,4,6-9,11-18,21H2,1-2H3,(H,36,39)(H,37,45)(H,35,38,46)/t28?,34-/m1/s1. The molecular weight excluding hydrogens is 598 g/mol. The highest BCUT2D eigenvalue weighted by atomic mass is 16.6. The van der Waals surface area contributed by atoms with Crippen LogP contribution in [0.25, 0.3) is 10.9 Å². The zero-order chi connectivity index (χ0) is 32.5. The van der Waals surface area contributed by atoms with Crippen LogP contribution in [0, 0.1) is 6.92 Å². The average molecular weight is 644 g/mol. The van der Waals surface area contributed by atoms with Crippen LogP contribution in [0.1, 0.15) is 48.8 Å². The molecular formula is C34H45N9O4. The Kier molecular flexibility index (Phi) is 8.75. The number of aryl methyl sites for hydroxylation is 1. The number of aromatic amines is 1. The number of amides is 4. The van der Waals surface area contributed by atoms with Gasteiger partial charge < -0.3 is 24.8 Å². The fraction of sp³-hybridized carbons (Fsp3) is 0.559. The highest BCUT2D eigenvalue weighted by molar-refractivity contribution is 5.89. The van der Waals surface area contributed by atoms with Crippen molar-refractivity contribution < 1.29 is 19.1 Å². The van der Waals surface area contributed by atoms with Crippen molar-refractivity contribution in [3.8, 4) is 0 Å². The maximum Gasteiger partial charge on any atom is 0.413 e. The summed E-state index contributed by atoms with van der Waals surface area (Å²) in [6.07, 6.45) is 7.27. The van der Waals surface area contributed by atoms with Gasteiger partial charge in [0.2, 0.25) is 5.91 Å². The normalized spacial score (nSPS) is 23.6. The number of fused-ring (bicyclic) bond motifs is 3. The van der Waals surface area contributed by atoms with Crippen LogP contribution in [-0.4, -0.2) is 124 Å². The molecule has 1 aromatic carbocycles. The van der Waals surface area contributed by atoms with Crippen LogP contribution in [0.3, 0.4) is 0 Å². The first-order valence-corrected chi connectivity index (χ1v) is 16.9. The van der Waals surface area contributed by atoms with E-state index in [9.17, 15) is 14.4 Å². The minimum atomic E-state index is -0.846. The van der Waals surface area contributed by atoms with Crippen molar-refractivity contribution in [3.05, 3.63) is 53.3 Å². The number of nitrogens with one attached hydrogen (secondary N) is 3. The third-order valence-corrected chi connectivity index (χ3v) is 10.6. The molecule has 2 aromatic heterocycles. The van der Waals surface area contributed by atoms with E-state index in [1.165, 1.54) is 0 Å². The van der Waals surface area contributed by atoms with Crippen molar-refractivity contribution in [1.29, 1.82) is 0 Å². The van der Waals surface area contributed by atoms with Crippen molar-refractivity contribution in [2.75, 3.05) is 64.7 Å². The van der Waals surface area contributed by atoms with Gasteiger partial charge in [-0.15, -0.1) is 0 Å². The monoisotopic (exact) mass is 643 g/mol. The highest BCUT2D eigenvalue weighted by Crippen LogP contribution is 2.42. The molecule has 0 radical (unpaired) electrons. The van der Waals surface area contributed by atoms with Gasteiger partial charge in [0.05, 0.1) is 11.7 Å². The summed E-state index contributed by atoms with van der Waals surface area (Å²) in [6, 6.07) is 7.44. The Bertz CT molecular complexity index is 1630. The first-order chi connectivity index (χ1) is 22.8. The van der Waals surface area contributed by atoms with E-state index in [-0.39, 0.29) is 11.9 Å². The Hall–Kier alpha value is -4.23. The van der Waals surface area contributed by atoms with E-state index in [0.29, 0.717) is 63.7 Å². The van der Waals surface area contributed by atoms with Gasteiger partial charge in [0.25, 0.3) is 0 Å². The molecule has 2 atom stereocenters. The molecule has 1 unspecified atom stereocenters. The Morgan fingerprint density at radius 2 is 1.87 bits per heavy atom. The number of pyridine rings is 1. The van der Waals surface area contributed by atoms with Gasteiger partial charge in [0, 0.05) is 75.3 Å². The Morgan fingerprint density at radius 3 is 2.68 bits per heavy atom. The fourth-order valence-electron chi connectivity index (χ4n) is 7.90. The van der Waals surface area contributed by atoms with Crippen LogP contribution in [0.2, 0.25) is 0 Å². The lowest BCUT2D eigenvalue weighted by molar-refractivity contribution is -0.135. The number of hydrogen-bond acceptors (Lipinski definition) is 8. The van der Waals surface area contributed by atoms with Crippen LogP contribution in [0.15, 0.2) is 36.7 Å². The number of carbonyl (C=O) groups is 3. The van der Waals surface area contributed by atoms with Crippen LogP contribution < -0.4 is 10.6 Å². The first-order valence-electron chi connectivity index (χ1n) is 16.9. The lowest BCUT2D eigenvalue weighted by Crippen LogP contribution is -2.59. The largest absolute Gasteiger partial charge is 0.438 e. The molecule has 0 aliphatic carbocycles. The lowest BCUT2D eigenvalue weighted by Gasteiger charge is -2.43. The zero-order valence-corrected chi connectivity index (χ0v) is 27.3. The number of H-pyrrole nitrogens is 1. The quantitative estimate of drug-likeness (QED) is 0.386. The number of likely N-dealkylation sites (tertiary alicyclic amines) is 2. The van der Waals surface area contributed by atoms with Gasteiger partial charge in [-0.1, -0.05) is 6.07 Å². The summed E-state index contributed by atoms with van der Waals surface area (Å²) in [5, 5.41) is 14.1. The first kappa shape index (κ1) is 31.4. The van der Waals surface area contributed by atoms with E-state index >= 15 is 0 Å². The van der Waals surface area contributed by atoms with Crippen LogP contribution >= 0.6 is 0 Å². The van der Waals surface area contributed by atoms with Gasteiger partial charge in [0.1, 0.15) is 17.5 Å². The van der Waals surface area contributed by atoms with Crippen molar-refractivity contribution in [3.63, 3.8) is 0 Å². The van der Waals surface area contributed by atoms with Gasteiger partial charge >= 0.3 is 12.1 Å². The molecule has 13 heteroatoms. The Morgan fingerprint density at radius 1 is 1.06 bits per heavy atom. The SMILES string of the molecule is Cc1cc(CC(NC(=O)N2CCC[C@]3(CC2)OC(=O)Nc2ncccc23)C(=O)N2CCN(C3CCN(C)CC3)CC2)cc2cn[nH]c12. The molecule has 3 fully saturated rings. The number of carbonyl (C=O) groups excluding carboxylic acids is 3. The van der Waals surface area contributed by atoms with E-state index in [4.69, 9.17) is 4.74 Å². The van der Waals surface area contributed by atoms with Gasteiger partial charge in [-0.3, -0.25) is 20.1 Å². The summed E-state index contributed by atoms with van der Waals surface area (Å²) < 4.78 is 5.90. The van der Waals surface area contributed by atoms with Crippen LogP contribution in [-0.2, 0) is 21.6 Å². The molecule has 0 bridgehead atoms. The number of urea groups is 1. The maximum absolute atomic E-state index is 14.2. The molecule has 1 spiro atoms. The summed E-state index contributed by atoms with van der Waals surface area (Å²) in [7, 11) is 2.18. The van der Waals surface area contributed by atoms with Crippen LogP contribution in [0.5, 0.6) is 0 Å². The van der Waals surface area contributed by atoms with E-state index in [1.54, 1.807) is 17.3 Å². The van der Waals surface area contributed by atoms with E-state index in [1.807, 2.05) is 30.0 Å². The van der Waals surface area contributed by atoms with Gasteiger partial charge in [-0.05, 0) is 82.1 Å². The summed E-state index contributed by atoms with van der Waals surface area (Å²) >= 11 is 0. The fourth-order valence-corrected chi connectivity index (χ4v) is 7.90. The van der Waals surface area contributed by atoms with Crippen molar-refractivity contribution >= 4 is 34.8 Å². The number of piperidine rings is 1. The number of rotatable bonds is 5. The van der Waals surface area contributed by atoms with Crippen molar-refractivity contribution in [2.45, 2.75) is 63.1 Å². The molecule has 4 aliphatic rings. The summed E-state index contributed by atoms with van der Waals surface area (Å²) in [5.41, 5.74) is 2.98. The molecule has 13 nitrogen and oxygen atoms in total. The third-order valence-electron chi connectivity index (χ3n) is 10.6. The number of hydrogen-bond donors (Lipinski definition) is 3. The topological polar surface area (TPSA) is 139 Å². The number of benzene rings is 1. The van der Waals surface area contributed by atoms with E-state index < -0.39 is 17.7 Å². The molecule has 7 rings (SSSR count). The molecule has 3 aromatic rings. The Labute approximate surface area is 275 Å². The van der Waals surface area contributed by atoms with Crippen molar-refractivity contribution in [2.24, 2.45) is 0 Å². The molecule has 3 N–H and O–H groups in total. The second-order valence-corrected chi connectivity index (χ2v) is 13.6. The number of nitrogens with zero attached hydrogens (tertiary/aromatic N) is 6. The number of anilines is 1. The molecule has 4 aliphatic heterocycles. The van der Waals surface area contributed by atoms with E-state index in [2.05, 4.69) is 48.7 Å². The zero-order valence-electron chi connectivity index (χ0n) is 27.3. The van der Waals surface area contributed by atoms with Crippen molar-refractivity contribution in [1.82, 2.24) is 40.1 Å². The van der Waals surface area contributed by atoms with Crippen LogP contribution in [0.4, 0.5) is 15.4 Å². The summed E-state index contributed by atoms with van der Waals surface area (Å²) in [5.74, 6) is 0.456. The van der Waals surface area contributed by atoms with Gasteiger partial charge in [0.15, 0.2) is 0 Å². The maximum atomic E-state index is 14.2. The number of piperazine rings is 1. The summed E-state index contributed by atoms with van der Waals surface area (Å²) in [6.45, 7) is 8.10. The predicted octanol–water partition coefficient (Wildman–Crippen LogP) is 3.07. The van der Waals surface area contributed by atoms with Gasteiger partial charge in [-0.25, -0.2) is 14.6 Å². The molecule has 0 saturated carbocycles. The number of aromatic nitrogens is 3. The van der Waals surface area contributed by atoms with Gasteiger partial charge in [-0.2, -0.15) is 5.10 Å². The molecule has 4 amide bonds. The number of ether oxygens (including phenoxy) is 1. The molecule has 6 heterocycles. The minimum absolute atomic E-state index is 0.0510. The average Bonchev–Trinajstić information content (AvgIpc) is 3.46. The second-order valence-electron chi connectivity index (χ2n) is 13.6. The highest BCUT2D eigenvalue weighted by Gasteiger charge is 2.44. The predicted molar refractivity (Wildman–Crippen MR) is 177 cm³/mol. The van der Waals surface area contributed by atoms with E-state index in [0.717, 1.165) is 66.6 Å². The third kappa shape index (κ3) is 6.51. The molecule has 250 valence electrons. The lowest BCUT2D eigenvalue weighted by atomic mass is 9.86. The molecule has 47 heavy (non-hydrogen) atoms. The minimum Gasteiger partial charge on any atom is -0.438 e. The second kappa shape index (κ2) is 13.1. The smallest absolute Gasteiger partial charge is 0.413 e. The Balaban J connectivity index is 1.06.